The van der Waals surface area contributed by atoms with Gasteiger partial charge in [-0.1, -0.05) is 0 Å². The summed E-state index contributed by atoms with van der Waals surface area (Å²) >= 11 is 0. The number of hydrogen-bond donors (Lipinski definition) is 0. The molecule has 0 aliphatic carbocycles. The largest absolute Gasteiger partial charge is 0.573 e. The van der Waals surface area contributed by atoms with E-state index in [9.17, 15) is 31.7 Å². The van der Waals surface area contributed by atoms with E-state index < -0.39 is 38.9 Å². The summed E-state index contributed by atoms with van der Waals surface area (Å²) in [7, 11) is -2.78. The van der Waals surface area contributed by atoms with Crippen LogP contribution in [0.2, 0.25) is 0 Å². The van der Waals surface area contributed by atoms with E-state index in [1.54, 1.807) is 0 Å². The van der Waals surface area contributed by atoms with Gasteiger partial charge >= 0.3 is 18.2 Å². The number of halogens is 3. The molecule has 0 unspecified atom stereocenters. The molecule has 14 heteroatoms. The van der Waals surface area contributed by atoms with Crippen molar-refractivity contribution >= 4 is 15.8 Å². The van der Waals surface area contributed by atoms with Crippen LogP contribution in [-0.4, -0.2) is 53.3 Å². The molecule has 1 aliphatic heterocycles. The summed E-state index contributed by atoms with van der Waals surface area (Å²) in [5, 5.41) is 10.8. The summed E-state index contributed by atoms with van der Waals surface area (Å²) in [4.78, 5) is 13.5. The monoisotopic (exact) mass is 422 g/mol. The first-order valence-electron chi connectivity index (χ1n) is 7.65. The number of hydrogen-bond acceptors (Lipinski definition) is 7. The van der Waals surface area contributed by atoms with Crippen LogP contribution in [0.25, 0.3) is 0 Å². The number of fused-ring (bicyclic) bond motifs is 1. The number of nitrogens with zero attached hydrogens (tertiary/aromatic N) is 4. The number of benzene rings is 1. The quantitative estimate of drug-likeness (QED) is 0.532. The van der Waals surface area contributed by atoms with Crippen molar-refractivity contribution in [3.63, 3.8) is 0 Å². The van der Waals surface area contributed by atoms with Gasteiger partial charge in [0.05, 0.1) is 10.9 Å². The van der Waals surface area contributed by atoms with Gasteiger partial charge in [-0.3, -0.25) is 4.57 Å². The van der Waals surface area contributed by atoms with Crippen molar-refractivity contribution in [3.8, 4) is 11.8 Å². The SMILES string of the molecule is CN([C@@H]1COc2nc([N+](=O)[O-])cn2C1)S(=O)(=O)c1ccc(OC(F)(F)F)cc1. The molecule has 152 valence electrons. The normalized spacial score (nSPS) is 17.1. The van der Waals surface area contributed by atoms with Crippen molar-refractivity contribution in [2.45, 2.75) is 23.8 Å². The minimum Gasteiger partial charge on any atom is -0.444 e. The third-order valence-corrected chi connectivity index (χ3v) is 5.90. The van der Waals surface area contributed by atoms with Crippen LogP contribution >= 0.6 is 0 Å². The lowest BCUT2D eigenvalue weighted by Crippen LogP contribution is -2.45. The molecule has 1 aromatic heterocycles. The smallest absolute Gasteiger partial charge is 0.444 e. The van der Waals surface area contributed by atoms with Gasteiger partial charge < -0.3 is 19.6 Å². The van der Waals surface area contributed by atoms with Crippen molar-refractivity contribution in [1.82, 2.24) is 13.9 Å². The molecule has 0 fully saturated rings. The summed E-state index contributed by atoms with van der Waals surface area (Å²) in [6, 6.07) is 3.06. The molecule has 1 atom stereocenters. The van der Waals surface area contributed by atoms with Gasteiger partial charge in [-0.15, -0.1) is 13.2 Å². The van der Waals surface area contributed by atoms with E-state index in [1.165, 1.54) is 11.6 Å². The van der Waals surface area contributed by atoms with Crippen molar-refractivity contribution in [2.24, 2.45) is 0 Å². The Labute approximate surface area is 156 Å². The predicted molar refractivity (Wildman–Crippen MR) is 86.2 cm³/mol. The highest BCUT2D eigenvalue weighted by Gasteiger charge is 2.35. The predicted octanol–water partition coefficient (Wildman–Crippen LogP) is 1.77. The van der Waals surface area contributed by atoms with Gasteiger partial charge in [0.2, 0.25) is 10.0 Å². The van der Waals surface area contributed by atoms with Gasteiger partial charge in [-0.25, -0.2) is 8.42 Å². The van der Waals surface area contributed by atoms with Crippen LogP contribution in [0, 0.1) is 10.1 Å². The van der Waals surface area contributed by atoms with Crippen molar-refractivity contribution in [2.75, 3.05) is 13.7 Å². The Bertz CT molecular complexity index is 989. The van der Waals surface area contributed by atoms with Crippen LogP contribution < -0.4 is 9.47 Å². The van der Waals surface area contributed by atoms with Gasteiger partial charge in [-0.2, -0.15) is 4.31 Å². The molecule has 2 heterocycles. The molecule has 0 saturated heterocycles. The number of rotatable bonds is 5. The molecule has 0 radical (unpaired) electrons. The highest BCUT2D eigenvalue weighted by atomic mass is 32.2. The Kier molecular flexibility index (Phi) is 4.93. The first-order chi connectivity index (χ1) is 13.0. The molecule has 0 saturated carbocycles. The van der Waals surface area contributed by atoms with E-state index in [0.717, 1.165) is 34.8 Å². The fourth-order valence-corrected chi connectivity index (χ4v) is 3.90. The third-order valence-electron chi connectivity index (χ3n) is 3.98. The standard InChI is InChI=1S/C14H13F3N4O6S/c1-19(9-6-20-7-12(21(22)23)18-13(20)26-8-9)28(24,25)11-4-2-10(3-5-11)27-14(15,16)17/h2-5,7,9H,6,8H2,1H3/t9-/m0/s1. The molecule has 0 amide bonds. The molecular formula is C14H13F3N4O6S. The maximum atomic E-state index is 12.7. The Morgan fingerprint density at radius 3 is 2.57 bits per heavy atom. The van der Waals surface area contributed by atoms with E-state index >= 15 is 0 Å². The molecule has 2 aromatic rings. The molecular weight excluding hydrogens is 409 g/mol. The second-order valence-electron chi connectivity index (χ2n) is 5.80. The van der Waals surface area contributed by atoms with Crippen molar-refractivity contribution in [3.05, 3.63) is 40.6 Å². The van der Waals surface area contributed by atoms with Crippen LogP contribution in [0.5, 0.6) is 11.8 Å². The molecule has 28 heavy (non-hydrogen) atoms. The number of likely N-dealkylation sites (N-methyl/N-ethyl adjacent to an activating group) is 1. The topological polar surface area (TPSA) is 117 Å². The Morgan fingerprint density at radius 1 is 1.36 bits per heavy atom. The number of aromatic nitrogens is 2. The molecule has 1 aliphatic rings. The number of alkyl halides is 3. The first-order valence-corrected chi connectivity index (χ1v) is 9.09. The van der Waals surface area contributed by atoms with E-state index in [4.69, 9.17) is 4.74 Å². The van der Waals surface area contributed by atoms with Crippen molar-refractivity contribution < 1.29 is 36.0 Å². The third kappa shape index (κ3) is 4.01. The second kappa shape index (κ2) is 6.94. The Morgan fingerprint density at radius 2 is 2.00 bits per heavy atom. The van der Waals surface area contributed by atoms with E-state index in [0.29, 0.717) is 0 Å². The fourth-order valence-electron chi connectivity index (χ4n) is 2.57. The van der Waals surface area contributed by atoms with Gasteiger partial charge in [0.1, 0.15) is 18.6 Å². The average molecular weight is 422 g/mol. The number of imidazole rings is 1. The lowest BCUT2D eigenvalue weighted by molar-refractivity contribution is -0.389. The fraction of sp³-hybridized carbons (Fsp3) is 0.357. The lowest BCUT2D eigenvalue weighted by atomic mass is 10.3. The minimum absolute atomic E-state index is 0.00222. The van der Waals surface area contributed by atoms with Gasteiger partial charge in [-0.05, 0) is 29.2 Å². The maximum Gasteiger partial charge on any atom is 0.573 e. The highest BCUT2D eigenvalue weighted by Crippen LogP contribution is 2.27. The first kappa shape index (κ1) is 19.9. The van der Waals surface area contributed by atoms with Crippen LogP contribution in [0.1, 0.15) is 0 Å². The lowest BCUT2D eigenvalue weighted by Gasteiger charge is -2.29. The van der Waals surface area contributed by atoms with E-state index in [1.807, 2.05) is 0 Å². The molecule has 0 bridgehead atoms. The Balaban J connectivity index is 1.77. The van der Waals surface area contributed by atoms with Gasteiger partial charge in [0.15, 0.2) is 0 Å². The Hall–Kier alpha value is -2.87. The zero-order valence-corrected chi connectivity index (χ0v) is 15.0. The summed E-state index contributed by atoms with van der Waals surface area (Å²) in [5.74, 6) is -0.980. The highest BCUT2D eigenvalue weighted by molar-refractivity contribution is 7.89. The molecule has 0 N–H and O–H groups in total. The van der Waals surface area contributed by atoms with E-state index in [2.05, 4.69) is 9.72 Å². The van der Waals surface area contributed by atoms with Crippen LogP contribution in [0.15, 0.2) is 35.4 Å². The number of sulfonamides is 1. The summed E-state index contributed by atoms with van der Waals surface area (Å²) in [5.41, 5.74) is 0. The van der Waals surface area contributed by atoms with Crippen LogP contribution in [0.3, 0.4) is 0 Å². The van der Waals surface area contributed by atoms with Gasteiger partial charge in [0, 0.05) is 18.6 Å². The van der Waals surface area contributed by atoms with E-state index in [-0.39, 0.29) is 24.1 Å². The zero-order valence-electron chi connectivity index (χ0n) is 14.2. The maximum absolute atomic E-state index is 12.7. The van der Waals surface area contributed by atoms with Crippen LogP contribution in [-0.2, 0) is 16.6 Å². The molecule has 10 nitrogen and oxygen atoms in total. The molecule has 0 spiro atoms. The van der Waals surface area contributed by atoms with Gasteiger partial charge in [0.25, 0.3) is 0 Å². The number of nitro groups is 1. The van der Waals surface area contributed by atoms with Crippen molar-refractivity contribution in [1.29, 1.82) is 0 Å². The zero-order chi connectivity index (χ0) is 20.7. The summed E-state index contributed by atoms with van der Waals surface area (Å²) in [6.45, 7) is -0.0413. The number of ether oxygens (including phenoxy) is 2. The minimum atomic E-state index is -4.89. The summed E-state index contributed by atoms with van der Waals surface area (Å²) < 4.78 is 73.4. The molecule has 3 rings (SSSR count). The second-order valence-corrected chi connectivity index (χ2v) is 7.79. The average Bonchev–Trinajstić information content (AvgIpc) is 3.03. The van der Waals surface area contributed by atoms with Crippen LogP contribution in [0.4, 0.5) is 19.0 Å². The summed E-state index contributed by atoms with van der Waals surface area (Å²) in [6.07, 6.45) is -3.76. The molecule has 1 aromatic carbocycles.